The molecule has 94 valence electrons. The minimum Gasteiger partial charge on any atom is -0.383 e. The van der Waals surface area contributed by atoms with Crippen molar-refractivity contribution < 1.29 is 4.74 Å². The largest absolute Gasteiger partial charge is 0.383 e. The van der Waals surface area contributed by atoms with Crippen LogP contribution in [-0.2, 0) is 4.74 Å². The standard InChI is InChI=1S/C12H14BrCl2NO/c1-17-6-11(7-2-3-7)16-12-9(14)4-8(13)5-10(12)15/h4-5,7,11,16H,2-3,6H2,1H3. The van der Waals surface area contributed by atoms with Crippen molar-refractivity contribution in [2.45, 2.75) is 18.9 Å². The predicted molar refractivity (Wildman–Crippen MR) is 76.2 cm³/mol. The molecule has 1 atom stereocenters. The van der Waals surface area contributed by atoms with Gasteiger partial charge in [0.05, 0.1) is 28.4 Å². The van der Waals surface area contributed by atoms with Gasteiger partial charge in [0.1, 0.15) is 0 Å². The van der Waals surface area contributed by atoms with Gasteiger partial charge in [-0.15, -0.1) is 0 Å². The van der Waals surface area contributed by atoms with E-state index in [4.69, 9.17) is 27.9 Å². The number of halogens is 3. The van der Waals surface area contributed by atoms with Gasteiger partial charge in [0.2, 0.25) is 0 Å². The van der Waals surface area contributed by atoms with E-state index in [1.54, 1.807) is 7.11 Å². The van der Waals surface area contributed by atoms with Gasteiger partial charge in [-0.1, -0.05) is 39.1 Å². The first-order chi connectivity index (χ1) is 8.11. The predicted octanol–water partition coefficient (Wildman–Crippen LogP) is 4.59. The first kappa shape index (κ1) is 13.5. The first-order valence-corrected chi connectivity index (χ1v) is 7.06. The minimum absolute atomic E-state index is 0.288. The summed E-state index contributed by atoms with van der Waals surface area (Å²) < 4.78 is 6.11. The summed E-state index contributed by atoms with van der Waals surface area (Å²) in [6.07, 6.45) is 2.49. The molecule has 1 N–H and O–H groups in total. The zero-order valence-corrected chi connectivity index (χ0v) is 12.6. The molecule has 5 heteroatoms. The highest BCUT2D eigenvalue weighted by Crippen LogP contribution is 2.39. The van der Waals surface area contributed by atoms with Crippen LogP contribution >= 0.6 is 39.1 Å². The van der Waals surface area contributed by atoms with Gasteiger partial charge < -0.3 is 10.1 Å². The number of hydrogen-bond donors (Lipinski definition) is 1. The van der Waals surface area contributed by atoms with Crippen molar-refractivity contribution in [3.05, 3.63) is 26.7 Å². The Hall–Kier alpha value is 0.0400. The van der Waals surface area contributed by atoms with E-state index in [9.17, 15) is 0 Å². The third kappa shape index (κ3) is 3.50. The van der Waals surface area contributed by atoms with Gasteiger partial charge >= 0.3 is 0 Å². The first-order valence-electron chi connectivity index (χ1n) is 5.52. The van der Waals surface area contributed by atoms with Crippen molar-refractivity contribution in [1.29, 1.82) is 0 Å². The van der Waals surface area contributed by atoms with Crippen molar-refractivity contribution in [2.24, 2.45) is 5.92 Å². The summed E-state index contributed by atoms with van der Waals surface area (Å²) in [4.78, 5) is 0. The number of hydrogen-bond acceptors (Lipinski definition) is 2. The second-order valence-corrected chi connectivity index (χ2v) is 6.02. The molecule has 0 radical (unpaired) electrons. The van der Waals surface area contributed by atoms with E-state index >= 15 is 0 Å². The van der Waals surface area contributed by atoms with Crippen LogP contribution in [0.3, 0.4) is 0 Å². The normalized spacial score (nSPS) is 16.9. The monoisotopic (exact) mass is 337 g/mol. The molecule has 2 nitrogen and oxygen atoms in total. The van der Waals surface area contributed by atoms with Crippen LogP contribution in [0.2, 0.25) is 10.0 Å². The minimum atomic E-state index is 0.288. The maximum absolute atomic E-state index is 6.19. The van der Waals surface area contributed by atoms with E-state index in [2.05, 4.69) is 21.2 Å². The van der Waals surface area contributed by atoms with Crippen molar-refractivity contribution >= 4 is 44.8 Å². The molecule has 0 bridgehead atoms. The average molecular weight is 339 g/mol. The van der Waals surface area contributed by atoms with Crippen LogP contribution in [-0.4, -0.2) is 19.8 Å². The van der Waals surface area contributed by atoms with E-state index in [0.717, 1.165) is 10.2 Å². The van der Waals surface area contributed by atoms with Crippen LogP contribution in [0.4, 0.5) is 5.69 Å². The second-order valence-electron chi connectivity index (χ2n) is 4.29. The Morgan fingerprint density at radius 3 is 2.47 bits per heavy atom. The van der Waals surface area contributed by atoms with Crippen molar-refractivity contribution in [3.8, 4) is 0 Å². The number of nitrogens with one attached hydrogen (secondary N) is 1. The van der Waals surface area contributed by atoms with Gasteiger partial charge in [0.25, 0.3) is 0 Å². The number of anilines is 1. The number of methoxy groups -OCH3 is 1. The fourth-order valence-corrected chi connectivity index (χ4v) is 3.16. The zero-order valence-electron chi connectivity index (χ0n) is 9.47. The lowest BCUT2D eigenvalue weighted by atomic mass is 10.2. The van der Waals surface area contributed by atoms with Gasteiger partial charge in [-0.3, -0.25) is 0 Å². The molecule has 0 aromatic heterocycles. The van der Waals surface area contributed by atoms with Gasteiger partial charge in [-0.25, -0.2) is 0 Å². The second kappa shape index (κ2) is 5.79. The lowest BCUT2D eigenvalue weighted by molar-refractivity contribution is 0.179. The van der Waals surface area contributed by atoms with E-state index < -0.39 is 0 Å². The van der Waals surface area contributed by atoms with Crippen LogP contribution < -0.4 is 5.32 Å². The molecule has 0 aliphatic heterocycles. The Balaban J connectivity index is 2.16. The highest BCUT2D eigenvalue weighted by atomic mass is 79.9. The van der Waals surface area contributed by atoms with Gasteiger partial charge in [-0.05, 0) is 30.9 Å². The molecule has 17 heavy (non-hydrogen) atoms. The summed E-state index contributed by atoms with van der Waals surface area (Å²) in [5.41, 5.74) is 0.797. The Kier molecular flexibility index (Phi) is 4.59. The Labute approximate surface area is 120 Å². The molecular weight excluding hydrogens is 325 g/mol. The van der Waals surface area contributed by atoms with Gasteiger partial charge in [0.15, 0.2) is 0 Å². The molecule has 1 aromatic rings. The smallest absolute Gasteiger partial charge is 0.0722 e. The molecule has 1 saturated carbocycles. The van der Waals surface area contributed by atoms with Gasteiger partial charge in [0, 0.05) is 11.6 Å². The Morgan fingerprint density at radius 2 is 2.00 bits per heavy atom. The summed E-state index contributed by atoms with van der Waals surface area (Å²) in [5, 5.41) is 4.66. The third-order valence-electron chi connectivity index (χ3n) is 2.87. The number of benzene rings is 1. The highest BCUT2D eigenvalue weighted by molar-refractivity contribution is 9.10. The van der Waals surface area contributed by atoms with Crippen LogP contribution in [0.1, 0.15) is 12.8 Å². The summed E-state index contributed by atoms with van der Waals surface area (Å²) in [6, 6.07) is 3.97. The topological polar surface area (TPSA) is 21.3 Å². The molecule has 0 saturated heterocycles. The summed E-state index contributed by atoms with van der Waals surface area (Å²) in [6.45, 7) is 0.674. The lowest BCUT2D eigenvalue weighted by Gasteiger charge is -2.20. The lowest BCUT2D eigenvalue weighted by Crippen LogP contribution is -2.27. The Bertz CT molecular complexity index is 386. The molecule has 1 unspecified atom stereocenters. The van der Waals surface area contributed by atoms with Crippen molar-refractivity contribution in [2.75, 3.05) is 19.0 Å². The molecule has 0 spiro atoms. The molecule has 0 amide bonds. The number of rotatable bonds is 5. The van der Waals surface area contributed by atoms with Crippen LogP contribution in [0.25, 0.3) is 0 Å². The third-order valence-corrected chi connectivity index (χ3v) is 3.93. The molecular formula is C12H14BrCl2NO. The highest BCUT2D eigenvalue weighted by Gasteiger charge is 2.31. The quantitative estimate of drug-likeness (QED) is 0.847. The molecule has 1 aromatic carbocycles. The summed E-state index contributed by atoms with van der Waals surface area (Å²) in [5.74, 6) is 0.672. The molecule has 0 heterocycles. The molecule has 1 aliphatic rings. The van der Waals surface area contributed by atoms with Crippen LogP contribution in [0.5, 0.6) is 0 Å². The van der Waals surface area contributed by atoms with Gasteiger partial charge in [-0.2, -0.15) is 0 Å². The maximum Gasteiger partial charge on any atom is 0.0722 e. The summed E-state index contributed by atoms with van der Waals surface area (Å²) >= 11 is 15.7. The van der Waals surface area contributed by atoms with E-state index in [-0.39, 0.29) is 6.04 Å². The van der Waals surface area contributed by atoms with E-state index in [1.165, 1.54) is 12.8 Å². The van der Waals surface area contributed by atoms with Crippen LogP contribution in [0.15, 0.2) is 16.6 Å². The average Bonchev–Trinajstić information content (AvgIpc) is 3.05. The fourth-order valence-electron chi connectivity index (χ4n) is 1.84. The van der Waals surface area contributed by atoms with Crippen molar-refractivity contribution in [3.63, 3.8) is 0 Å². The van der Waals surface area contributed by atoms with Crippen molar-refractivity contribution in [1.82, 2.24) is 0 Å². The Morgan fingerprint density at radius 1 is 1.41 bits per heavy atom. The van der Waals surface area contributed by atoms with E-state index in [0.29, 0.717) is 22.6 Å². The zero-order chi connectivity index (χ0) is 12.4. The fraction of sp³-hybridized carbons (Fsp3) is 0.500. The SMILES string of the molecule is COCC(Nc1c(Cl)cc(Br)cc1Cl)C1CC1. The molecule has 1 aliphatic carbocycles. The summed E-state index contributed by atoms with van der Waals surface area (Å²) in [7, 11) is 1.71. The number of ether oxygens (including phenoxy) is 1. The molecule has 1 fully saturated rings. The van der Waals surface area contributed by atoms with E-state index in [1.807, 2.05) is 12.1 Å². The van der Waals surface area contributed by atoms with Crippen LogP contribution in [0, 0.1) is 5.92 Å². The molecule has 2 rings (SSSR count). The maximum atomic E-state index is 6.19.